The van der Waals surface area contributed by atoms with Gasteiger partial charge in [0, 0.05) is 85.3 Å². The number of aliphatic hydroxyl groups is 3. The van der Waals surface area contributed by atoms with Crippen molar-refractivity contribution in [1.29, 1.82) is 0 Å². The number of carbonyl (C=O) groups excluding carboxylic acids is 5. The number of benzene rings is 3. The largest absolute Gasteiger partial charge is 1.00 e. The Morgan fingerprint density at radius 1 is 0.611 bits per heavy atom. The van der Waals surface area contributed by atoms with Gasteiger partial charge in [-0.1, -0.05) is 36.4 Å². The van der Waals surface area contributed by atoms with E-state index >= 15 is 0 Å². The van der Waals surface area contributed by atoms with Crippen LogP contribution in [0.5, 0.6) is 0 Å². The van der Waals surface area contributed by atoms with Crippen LogP contribution in [-0.2, 0) is 57.5 Å². The molecule has 296 valence electrons. The summed E-state index contributed by atoms with van der Waals surface area (Å²) < 4.78 is 8.81. The molecule has 16 nitrogen and oxygen atoms in total. The molecule has 3 aromatic carbocycles. The van der Waals surface area contributed by atoms with Gasteiger partial charge in [-0.15, -0.1) is 0 Å². The van der Waals surface area contributed by atoms with E-state index < -0.39 is 17.9 Å². The molecule has 0 spiro atoms. The van der Waals surface area contributed by atoms with Crippen LogP contribution in [0, 0.1) is 0 Å². The quantitative estimate of drug-likeness (QED) is 0.0672. The third kappa shape index (κ3) is 41.3. The van der Waals surface area contributed by atoms with Crippen LogP contribution >= 0.6 is 0 Å². The molecule has 54 heavy (non-hydrogen) atoms. The molecule has 0 unspecified atom stereocenters. The summed E-state index contributed by atoms with van der Waals surface area (Å²) in [5.74, 6) is -2.42. The van der Waals surface area contributed by atoms with E-state index in [0.717, 1.165) is 47.8 Å². The van der Waals surface area contributed by atoms with Crippen LogP contribution in [0.2, 0.25) is 0 Å². The summed E-state index contributed by atoms with van der Waals surface area (Å²) in [5.41, 5.74) is 10.9. The number of rotatable bonds is 9. The third-order valence-corrected chi connectivity index (χ3v) is 5.23. The second kappa shape index (κ2) is 37.7. The smallest absolute Gasteiger partial charge is 0.870 e. The van der Waals surface area contributed by atoms with E-state index in [1.165, 1.54) is 34.6 Å². The molecule has 17 heteroatoms. The summed E-state index contributed by atoms with van der Waals surface area (Å²) in [6, 6.07) is 22.5. The van der Waals surface area contributed by atoms with Gasteiger partial charge in [0.2, 0.25) is 11.8 Å². The molecule has 2 amide bonds. The van der Waals surface area contributed by atoms with E-state index in [9.17, 15) is 24.0 Å². The van der Waals surface area contributed by atoms with Gasteiger partial charge in [0.1, 0.15) is 0 Å². The number of nitrogens with one attached hydrogen (secondary N) is 2. The molecule has 0 atom stereocenters. The molecule has 3 aromatic rings. The molecule has 0 aliphatic heterocycles. The van der Waals surface area contributed by atoms with Gasteiger partial charge in [0.25, 0.3) is 5.97 Å². The van der Waals surface area contributed by atoms with Crippen molar-refractivity contribution in [3.05, 3.63) is 89.5 Å². The first-order valence-electron chi connectivity index (χ1n) is 15.7. The SMILES string of the molecule is CC(=O)Nc1cccc(CCO)c1.CC(=O)Nc1cccc(CCOC(C)=O)c1.CC(=O)O.CC(=O)OC(C)=O.CO.Nc1cccc(CCO)c1.[Li+].[OH-]. The van der Waals surface area contributed by atoms with Gasteiger partial charge in [-0.05, 0) is 65.9 Å². The van der Waals surface area contributed by atoms with Crippen molar-refractivity contribution in [2.24, 2.45) is 0 Å². The number of nitrogens with two attached hydrogens (primary N) is 1. The van der Waals surface area contributed by atoms with Crippen LogP contribution in [-0.4, -0.2) is 88.5 Å². The molecule has 0 aliphatic carbocycles. The summed E-state index contributed by atoms with van der Waals surface area (Å²) in [6.45, 7) is 8.44. The molecule has 0 aromatic heterocycles. The molecular formula is C37H54LiN3O13. The minimum absolute atomic E-state index is 0. The summed E-state index contributed by atoms with van der Waals surface area (Å²) in [5, 5.41) is 37.1. The fraction of sp³-hybridized carbons (Fsp3) is 0.351. The van der Waals surface area contributed by atoms with Crippen LogP contribution in [0.25, 0.3) is 0 Å². The number of carbonyl (C=O) groups is 6. The van der Waals surface area contributed by atoms with Crippen molar-refractivity contribution in [2.75, 3.05) is 43.3 Å². The van der Waals surface area contributed by atoms with Crippen LogP contribution in [0.4, 0.5) is 17.1 Å². The topological polar surface area (TPSA) is 282 Å². The van der Waals surface area contributed by atoms with Crippen molar-refractivity contribution in [3.8, 4) is 0 Å². The Bertz CT molecular complexity index is 1490. The van der Waals surface area contributed by atoms with Gasteiger partial charge in [0.05, 0.1) is 6.61 Å². The molecule has 0 aliphatic rings. The van der Waals surface area contributed by atoms with Gasteiger partial charge < -0.3 is 51.7 Å². The van der Waals surface area contributed by atoms with Gasteiger partial charge in [-0.3, -0.25) is 28.8 Å². The molecule has 3 rings (SSSR count). The molecule has 0 radical (unpaired) electrons. The molecule has 9 N–H and O–H groups in total. The Morgan fingerprint density at radius 3 is 1.26 bits per heavy atom. The van der Waals surface area contributed by atoms with Crippen LogP contribution < -0.4 is 35.2 Å². The first-order valence-corrected chi connectivity index (χ1v) is 15.7. The number of anilines is 3. The molecule has 0 bridgehead atoms. The number of esters is 3. The Labute approximate surface area is 328 Å². The monoisotopic (exact) mass is 755 g/mol. The molecular weight excluding hydrogens is 701 g/mol. The van der Waals surface area contributed by atoms with Crippen molar-refractivity contribution in [2.45, 2.75) is 60.8 Å². The Balaban J connectivity index is -0.000000191. The maximum absolute atomic E-state index is 10.8. The Morgan fingerprint density at radius 2 is 0.963 bits per heavy atom. The zero-order valence-corrected chi connectivity index (χ0v) is 32.3. The molecule has 0 fully saturated rings. The van der Waals surface area contributed by atoms with Crippen LogP contribution in [0.15, 0.2) is 72.8 Å². The molecule has 0 saturated carbocycles. The van der Waals surface area contributed by atoms with Gasteiger partial charge in [-0.25, -0.2) is 0 Å². The van der Waals surface area contributed by atoms with E-state index in [1.807, 2.05) is 72.8 Å². The van der Waals surface area contributed by atoms with Gasteiger partial charge in [-0.2, -0.15) is 0 Å². The van der Waals surface area contributed by atoms with E-state index in [2.05, 4.69) is 15.4 Å². The zero-order chi connectivity index (χ0) is 40.5. The summed E-state index contributed by atoms with van der Waals surface area (Å²) in [6.07, 6.45) is 1.95. The minimum Gasteiger partial charge on any atom is -0.870 e. The number of nitrogen functional groups attached to an aromatic ring is 1. The normalized spacial score (nSPS) is 8.56. The van der Waals surface area contributed by atoms with Crippen molar-refractivity contribution in [3.63, 3.8) is 0 Å². The van der Waals surface area contributed by atoms with E-state index in [4.69, 9.17) is 35.7 Å². The van der Waals surface area contributed by atoms with E-state index in [-0.39, 0.29) is 55.3 Å². The second-order valence-corrected chi connectivity index (χ2v) is 10.1. The molecule has 0 heterocycles. The average Bonchev–Trinajstić information content (AvgIpc) is 3.02. The van der Waals surface area contributed by atoms with E-state index in [1.54, 1.807) is 0 Å². The van der Waals surface area contributed by atoms with Crippen molar-refractivity contribution < 1.29 is 83.0 Å². The zero-order valence-electron chi connectivity index (χ0n) is 32.3. The Kier molecular flexibility index (Phi) is 40.6. The van der Waals surface area contributed by atoms with Crippen LogP contribution in [0.1, 0.15) is 58.2 Å². The number of carboxylic acids is 1. The summed E-state index contributed by atoms with van der Waals surface area (Å²) in [7, 11) is 1.00. The number of aliphatic hydroxyl groups excluding tert-OH is 3. The minimum atomic E-state index is -0.833. The molecule has 0 saturated heterocycles. The van der Waals surface area contributed by atoms with Gasteiger partial charge >= 0.3 is 36.8 Å². The standard InChI is InChI=1S/C12H15NO3.C10H13NO2.C8H11NO.C4H6O3.C2H4O2.CH4O.Li.H2O/c1-9(14)13-12-5-3-4-11(8-12)6-7-16-10(2)15;1-8(13)11-10-4-2-3-9(7-10)5-6-12;9-8-3-1-2-7(6-8)4-5-10;1-3(5)7-4(2)6;1-2(3)4;1-2;;/h3-5,8H,6-7H2,1-2H3,(H,13,14);2-4,7,12H,5-6H2,1H3,(H,11,13);1-3,6,10H,4-5,9H2;1-2H3;1H3,(H,3,4);2H,1H3;;1H2/q;;;;;;+1;/p-1. The van der Waals surface area contributed by atoms with Crippen molar-refractivity contribution in [1.82, 2.24) is 0 Å². The van der Waals surface area contributed by atoms with E-state index in [0.29, 0.717) is 25.9 Å². The first kappa shape index (κ1) is 58.2. The van der Waals surface area contributed by atoms with Crippen LogP contribution in [0.3, 0.4) is 0 Å². The maximum atomic E-state index is 10.8. The average molecular weight is 756 g/mol. The number of carboxylic acid groups (broad SMARTS) is 1. The number of ether oxygens (including phenoxy) is 2. The third-order valence-electron chi connectivity index (χ3n) is 5.23. The fourth-order valence-electron chi connectivity index (χ4n) is 3.54. The second-order valence-electron chi connectivity index (χ2n) is 10.1. The summed E-state index contributed by atoms with van der Waals surface area (Å²) in [4.78, 5) is 60.8. The number of aliphatic carboxylic acids is 1. The van der Waals surface area contributed by atoms with Crippen molar-refractivity contribution >= 4 is 52.8 Å². The fourth-order valence-corrected chi connectivity index (χ4v) is 3.54. The predicted octanol–water partition coefficient (Wildman–Crippen LogP) is 0.357. The number of amides is 2. The summed E-state index contributed by atoms with van der Waals surface area (Å²) >= 11 is 0. The van der Waals surface area contributed by atoms with Gasteiger partial charge in [0.15, 0.2) is 0 Å². The number of hydrogen-bond acceptors (Lipinski definition) is 13. The number of hydrogen-bond donors (Lipinski definition) is 7. The predicted molar refractivity (Wildman–Crippen MR) is 200 cm³/mol. The first-order chi connectivity index (χ1) is 24.5. The maximum Gasteiger partial charge on any atom is 1.00 e. The Hall–Kier alpha value is -5.08.